The largest absolute Gasteiger partial charge is 0.462 e. The summed E-state index contributed by atoms with van der Waals surface area (Å²) in [6.45, 7) is 6.38. The van der Waals surface area contributed by atoms with Crippen molar-refractivity contribution in [2.45, 2.75) is 213 Å². The minimum Gasteiger partial charge on any atom is -0.462 e. The summed E-state index contributed by atoms with van der Waals surface area (Å²) in [5, 5.41) is 0. The van der Waals surface area contributed by atoms with E-state index in [0.717, 1.165) is 77.0 Å². The molecule has 0 bridgehead atoms. The Hall–Kier alpha value is -2.89. The quantitative estimate of drug-likeness (QED) is 0.0204. The van der Waals surface area contributed by atoms with Gasteiger partial charge in [0, 0.05) is 19.3 Å². The lowest BCUT2D eigenvalue weighted by atomic mass is 10.0. The lowest BCUT2D eigenvalue weighted by Gasteiger charge is -2.18. The molecule has 0 heterocycles. The first kappa shape index (κ1) is 51.1. The van der Waals surface area contributed by atoms with Crippen LogP contribution in [0.25, 0.3) is 0 Å². The highest BCUT2D eigenvalue weighted by atomic mass is 16.6. The van der Waals surface area contributed by atoms with Gasteiger partial charge >= 0.3 is 17.9 Å². The highest BCUT2D eigenvalue weighted by Gasteiger charge is 2.19. The van der Waals surface area contributed by atoms with Gasteiger partial charge in [-0.05, 0) is 64.2 Å². The molecule has 1 unspecified atom stereocenters. The number of hydrogen-bond acceptors (Lipinski definition) is 6. The van der Waals surface area contributed by atoms with E-state index in [1.165, 1.54) is 83.5 Å². The van der Waals surface area contributed by atoms with Gasteiger partial charge in [-0.25, -0.2) is 0 Å². The molecule has 0 aromatic heterocycles. The first-order chi connectivity index (χ1) is 26.5. The fraction of sp³-hybridized carbons (Fsp3) is 0.729. The van der Waals surface area contributed by atoms with Gasteiger partial charge in [-0.3, -0.25) is 14.4 Å². The van der Waals surface area contributed by atoms with Crippen LogP contribution in [-0.2, 0) is 28.6 Å². The summed E-state index contributed by atoms with van der Waals surface area (Å²) in [7, 11) is 0. The van der Waals surface area contributed by atoms with Crippen molar-refractivity contribution >= 4 is 17.9 Å². The Balaban J connectivity index is 4.45. The van der Waals surface area contributed by atoms with Crippen molar-refractivity contribution in [2.75, 3.05) is 13.2 Å². The molecule has 310 valence electrons. The highest BCUT2D eigenvalue weighted by molar-refractivity contribution is 5.71. The van der Waals surface area contributed by atoms with Gasteiger partial charge in [-0.15, -0.1) is 0 Å². The molecule has 0 rings (SSSR count). The molecule has 0 aliphatic heterocycles. The molecule has 0 aromatic carbocycles. The third kappa shape index (κ3) is 40.3. The predicted octanol–water partition coefficient (Wildman–Crippen LogP) is 14.1. The molecule has 0 aliphatic carbocycles. The summed E-state index contributed by atoms with van der Waals surface area (Å²) in [5.74, 6) is -0.990. The third-order valence-corrected chi connectivity index (χ3v) is 9.28. The number of ether oxygens (including phenoxy) is 3. The van der Waals surface area contributed by atoms with E-state index in [0.29, 0.717) is 19.3 Å². The first-order valence-corrected chi connectivity index (χ1v) is 22.3. The molecule has 0 radical (unpaired) electrons. The smallest absolute Gasteiger partial charge is 0.306 e. The summed E-state index contributed by atoms with van der Waals surface area (Å²) in [6.07, 6.45) is 50.7. The molecule has 6 nitrogen and oxygen atoms in total. The van der Waals surface area contributed by atoms with E-state index < -0.39 is 6.10 Å². The van der Waals surface area contributed by atoms with Gasteiger partial charge in [0.25, 0.3) is 0 Å². The third-order valence-electron chi connectivity index (χ3n) is 9.28. The van der Waals surface area contributed by atoms with Gasteiger partial charge in [0.15, 0.2) is 6.10 Å². The summed E-state index contributed by atoms with van der Waals surface area (Å²) >= 11 is 0. The Morgan fingerprint density at radius 3 is 1.33 bits per heavy atom. The Morgan fingerprint density at radius 2 is 0.815 bits per heavy atom. The summed E-state index contributed by atoms with van der Waals surface area (Å²) in [4.78, 5) is 37.6. The summed E-state index contributed by atoms with van der Waals surface area (Å²) < 4.78 is 16.6. The molecular weight excluding hydrogens is 673 g/mol. The van der Waals surface area contributed by atoms with Gasteiger partial charge in [0.1, 0.15) is 13.2 Å². The molecule has 1 atom stereocenters. The van der Waals surface area contributed by atoms with Crippen LogP contribution in [-0.4, -0.2) is 37.2 Å². The lowest BCUT2D eigenvalue weighted by Crippen LogP contribution is -2.30. The molecule has 0 spiro atoms. The zero-order valence-corrected chi connectivity index (χ0v) is 35.2. The van der Waals surface area contributed by atoms with Crippen LogP contribution in [0.2, 0.25) is 0 Å². The van der Waals surface area contributed by atoms with Crippen molar-refractivity contribution in [3.05, 3.63) is 60.8 Å². The van der Waals surface area contributed by atoms with E-state index in [-0.39, 0.29) is 37.5 Å². The zero-order chi connectivity index (χ0) is 39.4. The van der Waals surface area contributed by atoms with Crippen molar-refractivity contribution < 1.29 is 28.6 Å². The van der Waals surface area contributed by atoms with Gasteiger partial charge in [0.05, 0.1) is 0 Å². The molecule has 6 heteroatoms. The Bertz CT molecular complexity index is 1010. The second kappa shape index (κ2) is 42.8. The average molecular weight is 755 g/mol. The maximum atomic E-state index is 12.7. The monoisotopic (exact) mass is 755 g/mol. The average Bonchev–Trinajstić information content (AvgIpc) is 3.17. The van der Waals surface area contributed by atoms with Gasteiger partial charge in [-0.1, -0.05) is 184 Å². The van der Waals surface area contributed by atoms with Crippen molar-refractivity contribution in [1.82, 2.24) is 0 Å². The van der Waals surface area contributed by atoms with Crippen LogP contribution >= 0.6 is 0 Å². The second-order valence-electron chi connectivity index (χ2n) is 14.6. The van der Waals surface area contributed by atoms with E-state index in [1.807, 2.05) is 0 Å². The normalized spacial score (nSPS) is 12.6. The molecule has 0 amide bonds. The minimum absolute atomic E-state index is 0.102. The SMILES string of the molecule is CC/C=C\C/C=C\C/C=C\CCCC(=O)OC(COC(=O)CCCCC/C=C\C=C/CCCC)COC(=O)CCCCCCCCCCCCCCCC. The molecule has 0 aromatic rings. The summed E-state index contributed by atoms with van der Waals surface area (Å²) in [5.41, 5.74) is 0. The van der Waals surface area contributed by atoms with Crippen molar-refractivity contribution in [1.29, 1.82) is 0 Å². The standard InChI is InChI=1S/C48H82O6/c1-4-7-10-13-16-19-22-23-24-27-29-32-35-38-41-47(50)53-44-45(54-48(51)42-39-36-33-30-26-21-18-15-12-9-6-3)43-52-46(49)40-37-34-31-28-25-20-17-14-11-8-5-2/h9,12,14,17-18,20-21,25,30,33,45H,4-8,10-11,13,15-16,19,22-24,26-29,31-32,34-44H2,1-3H3/b12-9-,17-14-,21-18-,25-20-,33-30-. The molecule has 54 heavy (non-hydrogen) atoms. The summed E-state index contributed by atoms with van der Waals surface area (Å²) in [6, 6.07) is 0. The number of unbranched alkanes of at least 4 members (excludes halogenated alkanes) is 19. The lowest BCUT2D eigenvalue weighted by molar-refractivity contribution is -0.167. The van der Waals surface area contributed by atoms with E-state index in [4.69, 9.17) is 14.2 Å². The molecule has 0 saturated heterocycles. The van der Waals surface area contributed by atoms with Gasteiger partial charge in [-0.2, -0.15) is 0 Å². The minimum atomic E-state index is -0.806. The number of allylic oxidation sites excluding steroid dienone is 10. The fourth-order valence-corrected chi connectivity index (χ4v) is 5.91. The van der Waals surface area contributed by atoms with Crippen LogP contribution in [0.3, 0.4) is 0 Å². The molecule has 0 saturated carbocycles. The van der Waals surface area contributed by atoms with Crippen LogP contribution in [0.5, 0.6) is 0 Å². The first-order valence-electron chi connectivity index (χ1n) is 22.3. The van der Waals surface area contributed by atoms with Crippen LogP contribution < -0.4 is 0 Å². The maximum Gasteiger partial charge on any atom is 0.306 e. The van der Waals surface area contributed by atoms with Crippen LogP contribution in [0.4, 0.5) is 0 Å². The van der Waals surface area contributed by atoms with E-state index >= 15 is 0 Å². The maximum absolute atomic E-state index is 12.7. The number of rotatable bonds is 39. The molecule has 0 fully saturated rings. The van der Waals surface area contributed by atoms with Crippen molar-refractivity contribution in [2.24, 2.45) is 0 Å². The van der Waals surface area contributed by atoms with E-state index in [9.17, 15) is 14.4 Å². The molecule has 0 aliphatic rings. The Labute approximate surface area is 332 Å². The van der Waals surface area contributed by atoms with Gasteiger partial charge in [0.2, 0.25) is 0 Å². The number of carbonyl (C=O) groups is 3. The molecular formula is C48H82O6. The van der Waals surface area contributed by atoms with Crippen molar-refractivity contribution in [3.63, 3.8) is 0 Å². The van der Waals surface area contributed by atoms with Crippen LogP contribution in [0.1, 0.15) is 207 Å². The fourth-order valence-electron chi connectivity index (χ4n) is 5.91. The van der Waals surface area contributed by atoms with E-state index in [1.54, 1.807) is 0 Å². The van der Waals surface area contributed by atoms with Crippen LogP contribution in [0, 0.1) is 0 Å². The second-order valence-corrected chi connectivity index (χ2v) is 14.6. The van der Waals surface area contributed by atoms with Crippen molar-refractivity contribution in [3.8, 4) is 0 Å². The number of hydrogen-bond donors (Lipinski definition) is 0. The number of carbonyl (C=O) groups excluding carboxylic acids is 3. The number of esters is 3. The highest BCUT2D eigenvalue weighted by Crippen LogP contribution is 2.14. The van der Waals surface area contributed by atoms with Gasteiger partial charge < -0.3 is 14.2 Å². The predicted molar refractivity (Wildman–Crippen MR) is 228 cm³/mol. The van der Waals surface area contributed by atoms with Crippen LogP contribution in [0.15, 0.2) is 60.8 Å². The van der Waals surface area contributed by atoms with E-state index in [2.05, 4.69) is 81.5 Å². The topological polar surface area (TPSA) is 78.9 Å². The molecule has 0 N–H and O–H groups in total. The Kier molecular flexibility index (Phi) is 40.6. The Morgan fingerprint density at radius 1 is 0.407 bits per heavy atom. The zero-order valence-electron chi connectivity index (χ0n) is 35.2.